The second-order valence-corrected chi connectivity index (χ2v) is 3.18. The molecule has 2 fully saturated rings. The molecule has 12 heavy (non-hydrogen) atoms. The van der Waals surface area contributed by atoms with Crippen molar-refractivity contribution in [1.29, 1.82) is 0 Å². The second-order valence-electron chi connectivity index (χ2n) is 3.18. The molecule has 0 bridgehead atoms. The molecule has 0 aromatic rings. The number of hydrogen-bond donors (Lipinski definition) is 1. The standard InChI is InChI=1S/C7H13NO4/c1-10-6-8-5-11-3-7(8,2-9)4-12-6/h6,9H,2-5H2,1H3. The summed E-state index contributed by atoms with van der Waals surface area (Å²) in [5.74, 6) is 0. The number of aliphatic hydroxyl groups is 1. The van der Waals surface area contributed by atoms with Crippen LogP contribution in [-0.2, 0) is 14.2 Å². The van der Waals surface area contributed by atoms with Crippen molar-refractivity contribution in [2.24, 2.45) is 0 Å². The molecule has 2 aliphatic heterocycles. The largest absolute Gasteiger partial charge is 0.394 e. The van der Waals surface area contributed by atoms with Gasteiger partial charge in [0.1, 0.15) is 6.73 Å². The molecule has 5 nitrogen and oxygen atoms in total. The number of nitrogens with zero attached hydrogens (tertiary/aromatic N) is 1. The lowest BCUT2D eigenvalue weighted by molar-refractivity contribution is -0.170. The maximum atomic E-state index is 9.18. The average Bonchev–Trinajstić information content (AvgIpc) is 2.61. The van der Waals surface area contributed by atoms with Crippen molar-refractivity contribution in [3.63, 3.8) is 0 Å². The van der Waals surface area contributed by atoms with Crippen LogP contribution in [0.1, 0.15) is 0 Å². The van der Waals surface area contributed by atoms with Gasteiger partial charge in [0, 0.05) is 7.11 Å². The SMILES string of the molecule is COC1OCC2(CO)COCN12. The molecule has 0 saturated carbocycles. The van der Waals surface area contributed by atoms with Crippen molar-refractivity contribution in [2.75, 3.05) is 33.7 Å². The van der Waals surface area contributed by atoms with Crippen LogP contribution < -0.4 is 0 Å². The van der Waals surface area contributed by atoms with Crippen LogP contribution in [0.15, 0.2) is 0 Å². The molecule has 2 aliphatic rings. The molecule has 1 N–H and O–H groups in total. The van der Waals surface area contributed by atoms with Gasteiger partial charge in [-0.15, -0.1) is 0 Å². The van der Waals surface area contributed by atoms with Gasteiger partial charge in [-0.3, -0.25) is 0 Å². The maximum absolute atomic E-state index is 9.18. The monoisotopic (exact) mass is 175 g/mol. The molecule has 0 amide bonds. The van der Waals surface area contributed by atoms with Crippen LogP contribution in [-0.4, -0.2) is 55.6 Å². The Labute approximate surface area is 70.8 Å². The highest BCUT2D eigenvalue weighted by atomic mass is 16.7. The number of hydrogen-bond acceptors (Lipinski definition) is 5. The summed E-state index contributed by atoms with van der Waals surface area (Å²) in [6.45, 7) is 1.51. The number of ether oxygens (including phenoxy) is 3. The zero-order valence-corrected chi connectivity index (χ0v) is 7.02. The van der Waals surface area contributed by atoms with E-state index in [-0.39, 0.29) is 18.6 Å². The number of fused-ring (bicyclic) bond motifs is 1. The quantitative estimate of drug-likeness (QED) is 0.581. The van der Waals surface area contributed by atoms with Gasteiger partial charge in [0.15, 0.2) is 0 Å². The van der Waals surface area contributed by atoms with Crippen molar-refractivity contribution in [1.82, 2.24) is 4.90 Å². The normalized spacial score (nSPS) is 42.0. The molecule has 2 heterocycles. The van der Waals surface area contributed by atoms with Crippen LogP contribution >= 0.6 is 0 Å². The first-order chi connectivity index (χ1) is 5.82. The first-order valence-corrected chi connectivity index (χ1v) is 3.92. The minimum absolute atomic E-state index is 0.0485. The molecule has 0 aromatic heterocycles. The Balaban J connectivity index is 2.14. The van der Waals surface area contributed by atoms with Gasteiger partial charge in [0.2, 0.25) is 6.41 Å². The van der Waals surface area contributed by atoms with Gasteiger partial charge in [0.25, 0.3) is 0 Å². The third-order valence-electron chi connectivity index (χ3n) is 2.46. The van der Waals surface area contributed by atoms with Crippen LogP contribution in [0.5, 0.6) is 0 Å². The summed E-state index contributed by atoms with van der Waals surface area (Å²) in [6, 6.07) is 0. The van der Waals surface area contributed by atoms with Crippen LogP contribution in [0.3, 0.4) is 0 Å². The van der Waals surface area contributed by atoms with E-state index in [2.05, 4.69) is 0 Å². The molecule has 2 atom stereocenters. The molecule has 2 rings (SSSR count). The molecule has 5 heteroatoms. The van der Waals surface area contributed by atoms with E-state index in [1.807, 2.05) is 4.90 Å². The zero-order chi connectivity index (χ0) is 8.60. The predicted molar refractivity (Wildman–Crippen MR) is 39.2 cm³/mol. The Bertz CT molecular complexity index is 177. The highest BCUT2D eigenvalue weighted by Crippen LogP contribution is 2.32. The van der Waals surface area contributed by atoms with E-state index in [0.717, 1.165) is 0 Å². The van der Waals surface area contributed by atoms with Crippen molar-refractivity contribution in [3.05, 3.63) is 0 Å². The summed E-state index contributed by atoms with van der Waals surface area (Å²) in [5.41, 5.74) is -0.360. The molecule has 2 unspecified atom stereocenters. The zero-order valence-electron chi connectivity index (χ0n) is 7.02. The summed E-state index contributed by atoms with van der Waals surface area (Å²) in [7, 11) is 1.58. The van der Waals surface area contributed by atoms with Gasteiger partial charge in [-0.1, -0.05) is 0 Å². The number of aliphatic hydroxyl groups excluding tert-OH is 1. The van der Waals surface area contributed by atoms with E-state index in [1.54, 1.807) is 7.11 Å². The molecule has 0 radical (unpaired) electrons. The molecular weight excluding hydrogens is 162 g/mol. The smallest absolute Gasteiger partial charge is 0.220 e. The van der Waals surface area contributed by atoms with E-state index >= 15 is 0 Å². The molecule has 0 aliphatic carbocycles. The topological polar surface area (TPSA) is 51.2 Å². The first kappa shape index (κ1) is 8.40. The van der Waals surface area contributed by atoms with Gasteiger partial charge in [0.05, 0.1) is 25.4 Å². The second kappa shape index (κ2) is 2.93. The summed E-state index contributed by atoms with van der Waals surface area (Å²) in [4.78, 5) is 1.90. The highest BCUT2D eigenvalue weighted by Gasteiger charge is 2.51. The minimum Gasteiger partial charge on any atom is -0.394 e. The Morgan fingerprint density at radius 1 is 1.67 bits per heavy atom. The van der Waals surface area contributed by atoms with Crippen LogP contribution in [0.25, 0.3) is 0 Å². The van der Waals surface area contributed by atoms with Crippen LogP contribution in [0.2, 0.25) is 0 Å². The van der Waals surface area contributed by atoms with Crippen LogP contribution in [0, 0.1) is 0 Å². The molecule has 2 saturated heterocycles. The fraction of sp³-hybridized carbons (Fsp3) is 1.00. The summed E-state index contributed by atoms with van der Waals surface area (Å²) >= 11 is 0. The Morgan fingerprint density at radius 2 is 2.50 bits per heavy atom. The van der Waals surface area contributed by atoms with Gasteiger partial charge >= 0.3 is 0 Å². The van der Waals surface area contributed by atoms with E-state index in [1.165, 1.54) is 0 Å². The summed E-state index contributed by atoms with van der Waals surface area (Å²) in [5, 5.41) is 9.18. The lowest BCUT2D eigenvalue weighted by atomic mass is 10.0. The van der Waals surface area contributed by atoms with Crippen molar-refractivity contribution in [3.8, 4) is 0 Å². The number of methoxy groups -OCH3 is 1. The summed E-state index contributed by atoms with van der Waals surface area (Å²) < 4.78 is 15.6. The predicted octanol–water partition coefficient (Wildman–Crippen LogP) is -1.03. The van der Waals surface area contributed by atoms with Crippen molar-refractivity contribution >= 4 is 0 Å². The van der Waals surface area contributed by atoms with Gasteiger partial charge < -0.3 is 19.3 Å². The molecule has 70 valence electrons. The third kappa shape index (κ3) is 0.982. The molecule has 0 aromatic carbocycles. The molecular formula is C7H13NO4. The third-order valence-corrected chi connectivity index (χ3v) is 2.46. The Morgan fingerprint density at radius 3 is 3.17 bits per heavy atom. The Kier molecular flexibility index (Phi) is 2.05. The fourth-order valence-corrected chi connectivity index (χ4v) is 1.66. The first-order valence-electron chi connectivity index (χ1n) is 3.92. The average molecular weight is 175 g/mol. The molecule has 0 spiro atoms. The lowest BCUT2D eigenvalue weighted by Crippen LogP contribution is -2.49. The van der Waals surface area contributed by atoms with Crippen molar-refractivity contribution in [2.45, 2.75) is 12.0 Å². The van der Waals surface area contributed by atoms with Crippen LogP contribution in [0.4, 0.5) is 0 Å². The summed E-state index contributed by atoms with van der Waals surface area (Å²) in [6.07, 6.45) is -0.361. The van der Waals surface area contributed by atoms with Crippen molar-refractivity contribution < 1.29 is 19.3 Å². The fourth-order valence-electron chi connectivity index (χ4n) is 1.66. The Hall–Kier alpha value is -0.200. The van der Waals surface area contributed by atoms with E-state index in [0.29, 0.717) is 19.9 Å². The van der Waals surface area contributed by atoms with E-state index in [4.69, 9.17) is 14.2 Å². The van der Waals surface area contributed by atoms with E-state index in [9.17, 15) is 5.11 Å². The number of rotatable bonds is 2. The van der Waals surface area contributed by atoms with E-state index < -0.39 is 0 Å². The lowest BCUT2D eigenvalue weighted by Gasteiger charge is -2.26. The van der Waals surface area contributed by atoms with Gasteiger partial charge in [-0.05, 0) is 0 Å². The maximum Gasteiger partial charge on any atom is 0.220 e. The highest BCUT2D eigenvalue weighted by molar-refractivity contribution is 4.96. The van der Waals surface area contributed by atoms with Gasteiger partial charge in [-0.25, -0.2) is 4.90 Å². The minimum atomic E-state index is -0.361. The van der Waals surface area contributed by atoms with Gasteiger partial charge in [-0.2, -0.15) is 0 Å².